The first-order valence-corrected chi connectivity index (χ1v) is 10.2. The van der Waals surface area contributed by atoms with E-state index < -0.39 is 5.60 Å². The molecule has 2 aromatic carbocycles. The van der Waals surface area contributed by atoms with Gasteiger partial charge in [0.05, 0.1) is 6.42 Å². The number of carbonyl (C=O) groups excluding carboxylic acids is 2. The van der Waals surface area contributed by atoms with Crippen molar-refractivity contribution >= 4 is 22.6 Å². The van der Waals surface area contributed by atoms with Crippen LogP contribution in [0.2, 0.25) is 0 Å². The van der Waals surface area contributed by atoms with E-state index in [1.54, 1.807) is 11.9 Å². The number of fused-ring (bicyclic) bond motifs is 1. The Balaban J connectivity index is 1.62. The minimum absolute atomic E-state index is 0.000360. The van der Waals surface area contributed by atoms with Crippen LogP contribution in [0.1, 0.15) is 58.4 Å². The van der Waals surface area contributed by atoms with Crippen molar-refractivity contribution in [2.75, 3.05) is 13.6 Å². The Morgan fingerprint density at radius 2 is 1.64 bits per heavy atom. The Hall–Kier alpha value is -2.36. The Morgan fingerprint density at radius 3 is 2.36 bits per heavy atom. The van der Waals surface area contributed by atoms with Crippen molar-refractivity contribution in [1.29, 1.82) is 0 Å². The van der Waals surface area contributed by atoms with E-state index in [0.29, 0.717) is 0 Å². The molecule has 0 heterocycles. The van der Waals surface area contributed by atoms with Gasteiger partial charge >= 0.3 is 5.97 Å². The third-order valence-corrected chi connectivity index (χ3v) is 4.66. The third-order valence-electron chi connectivity index (χ3n) is 4.66. The van der Waals surface area contributed by atoms with Crippen molar-refractivity contribution < 1.29 is 14.3 Å². The molecule has 1 amide bonds. The van der Waals surface area contributed by atoms with Crippen molar-refractivity contribution in [2.24, 2.45) is 0 Å². The molecular formula is C24H33NO3. The van der Waals surface area contributed by atoms with Crippen LogP contribution >= 0.6 is 0 Å². The molecule has 0 spiro atoms. The summed E-state index contributed by atoms with van der Waals surface area (Å²) in [5.74, 6) is -0.315. The van der Waals surface area contributed by atoms with E-state index in [-0.39, 0.29) is 24.7 Å². The fourth-order valence-corrected chi connectivity index (χ4v) is 3.17. The van der Waals surface area contributed by atoms with Crippen molar-refractivity contribution in [3.8, 4) is 0 Å². The van der Waals surface area contributed by atoms with Crippen LogP contribution in [0.3, 0.4) is 0 Å². The molecule has 0 saturated carbocycles. The van der Waals surface area contributed by atoms with E-state index in [1.807, 2.05) is 20.8 Å². The number of nitrogens with zero attached hydrogens (tertiary/aromatic N) is 1. The zero-order chi connectivity index (χ0) is 20.6. The van der Waals surface area contributed by atoms with E-state index in [2.05, 4.69) is 42.5 Å². The van der Waals surface area contributed by atoms with Gasteiger partial charge in [0.2, 0.25) is 5.91 Å². The van der Waals surface area contributed by atoms with Crippen LogP contribution in [0.5, 0.6) is 0 Å². The van der Waals surface area contributed by atoms with Gasteiger partial charge in [-0.25, -0.2) is 0 Å². The number of hydrogen-bond donors (Lipinski definition) is 0. The van der Waals surface area contributed by atoms with Crippen LogP contribution in [0.15, 0.2) is 42.5 Å². The summed E-state index contributed by atoms with van der Waals surface area (Å²) in [5.41, 5.74) is 0.859. The highest BCUT2D eigenvalue weighted by Crippen LogP contribution is 2.17. The molecule has 0 aromatic heterocycles. The predicted octanol–water partition coefficient (Wildman–Crippen LogP) is 5.13. The number of ether oxygens (including phenoxy) is 1. The van der Waals surface area contributed by atoms with E-state index >= 15 is 0 Å². The standard InChI is InChI=1S/C24H33NO3/c1-24(2,3)28-23(27)16-15-22(26)25(4)17-9-5-6-10-19-13-14-20-11-7-8-12-21(20)18-19/h7-8,11-14,18H,5-6,9-10,15-17H2,1-4H3. The average Bonchev–Trinajstić information content (AvgIpc) is 2.64. The Kier molecular flexibility index (Phi) is 8.04. The van der Waals surface area contributed by atoms with Crippen molar-refractivity contribution in [1.82, 2.24) is 4.90 Å². The van der Waals surface area contributed by atoms with Crippen LogP contribution < -0.4 is 0 Å². The Labute approximate surface area is 168 Å². The normalized spacial score (nSPS) is 11.4. The molecule has 0 unspecified atom stereocenters. The first-order valence-electron chi connectivity index (χ1n) is 10.2. The van der Waals surface area contributed by atoms with Gasteiger partial charge in [-0.2, -0.15) is 0 Å². The Morgan fingerprint density at radius 1 is 0.929 bits per heavy atom. The number of amides is 1. The van der Waals surface area contributed by atoms with Crippen LogP contribution in [0.25, 0.3) is 10.8 Å². The summed E-state index contributed by atoms with van der Waals surface area (Å²) in [6, 6.07) is 15.1. The van der Waals surface area contributed by atoms with E-state index in [9.17, 15) is 9.59 Å². The van der Waals surface area contributed by atoms with Gasteiger partial charge in [-0.1, -0.05) is 48.9 Å². The van der Waals surface area contributed by atoms with Crippen LogP contribution in [0.4, 0.5) is 0 Å². The molecule has 0 fully saturated rings. The van der Waals surface area contributed by atoms with E-state index in [4.69, 9.17) is 4.74 Å². The van der Waals surface area contributed by atoms with E-state index in [1.165, 1.54) is 16.3 Å². The largest absolute Gasteiger partial charge is 0.460 e. The molecule has 2 aromatic rings. The second-order valence-corrected chi connectivity index (χ2v) is 8.39. The molecule has 0 aliphatic carbocycles. The van der Waals surface area contributed by atoms with Gasteiger partial charge in [-0.3, -0.25) is 9.59 Å². The number of hydrogen-bond acceptors (Lipinski definition) is 3. The van der Waals surface area contributed by atoms with Crippen LogP contribution in [-0.2, 0) is 20.7 Å². The summed E-state index contributed by atoms with van der Waals surface area (Å²) in [7, 11) is 1.81. The molecular weight excluding hydrogens is 350 g/mol. The maximum absolute atomic E-state index is 12.1. The lowest BCUT2D eigenvalue weighted by molar-refractivity contribution is -0.156. The summed E-state index contributed by atoms with van der Waals surface area (Å²) >= 11 is 0. The Bertz CT molecular complexity index is 792. The van der Waals surface area contributed by atoms with Gasteiger partial charge in [-0.05, 0) is 56.4 Å². The topological polar surface area (TPSA) is 46.6 Å². The quantitative estimate of drug-likeness (QED) is 0.445. The smallest absolute Gasteiger partial charge is 0.306 e. The number of esters is 1. The zero-order valence-electron chi connectivity index (χ0n) is 17.7. The van der Waals surface area contributed by atoms with Gasteiger partial charge in [0.15, 0.2) is 0 Å². The summed E-state index contributed by atoms with van der Waals surface area (Å²) < 4.78 is 5.24. The van der Waals surface area contributed by atoms with Crippen LogP contribution in [-0.4, -0.2) is 36.0 Å². The fourth-order valence-electron chi connectivity index (χ4n) is 3.17. The maximum Gasteiger partial charge on any atom is 0.306 e. The third kappa shape index (κ3) is 7.71. The van der Waals surface area contributed by atoms with Gasteiger partial charge in [0.1, 0.15) is 5.60 Å². The lowest BCUT2D eigenvalue weighted by Gasteiger charge is -2.20. The molecule has 0 saturated heterocycles. The minimum atomic E-state index is -0.503. The first-order chi connectivity index (χ1) is 13.2. The molecule has 0 aliphatic rings. The maximum atomic E-state index is 12.1. The predicted molar refractivity (Wildman–Crippen MR) is 114 cm³/mol. The highest BCUT2D eigenvalue weighted by molar-refractivity contribution is 5.83. The van der Waals surface area contributed by atoms with Crippen LogP contribution in [0, 0.1) is 0 Å². The molecule has 28 heavy (non-hydrogen) atoms. The van der Waals surface area contributed by atoms with Gasteiger partial charge in [-0.15, -0.1) is 0 Å². The molecule has 0 radical (unpaired) electrons. The molecule has 0 aliphatic heterocycles. The molecule has 0 atom stereocenters. The van der Waals surface area contributed by atoms with Gasteiger partial charge in [0.25, 0.3) is 0 Å². The SMILES string of the molecule is CN(CCCCCc1ccc2ccccc2c1)C(=O)CCC(=O)OC(C)(C)C. The highest BCUT2D eigenvalue weighted by Gasteiger charge is 2.18. The lowest BCUT2D eigenvalue weighted by Crippen LogP contribution is -2.29. The molecule has 4 heteroatoms. The monoisotopic (exact) mass is 383 g/mol. The lowest BCUT2D eigenvalue weighted by atomic mass is 10.0. The fraction of sp³-hybridized carbons (Fsp3) is 0.500. The zero-order valence-corrected chi connectivity index (χ0v) is 17.7. The minimum Gasteiger partial charge on any atom is -0.460 e. The van der Waals surface area contributed by atoms with E-state index in [0.717, 1.165) is 32.2 Å². The highest BCUT2D eigenvalue weighted by atomic mass is 16.6. The number of carbonyl (C=O) groups is 2. The van der Waals surface area contributed by atoms with Crippen molar-refractivity contribution in [2.45, 2.75) is 64.9 Å². The van der Waals surface area contributed by atoms with Crippen molar-refractivity contribution in [3.63, 3.8) is 0 Å². The molecule has 152 valence electrons. The number of rotatable bonds is 9. The molecule has 2 rings (SSSR count). The molecule has 0 N–H and O–H groups in total. The second-order valence-electron chi connectivity index (χ2n) is 8.39. The number of aryl methyl sites for hydroxylation is 1. The summed E-state index contributed by atoms with van der Waals surface area (Å²) in [6.07, 6.45) is 4.57. The van der Waals surface area contributed by atoms with Gasteiger partial charge in [0, 0.05) is 20.0 Å². The van der Waals surface area contributed by atoms with Crippen molar-refractivity contribution in [3.05, 3.63) is 48.0 Å². The number of unbranched alkanes of at least 4 members (excludes halogenated alkanes) is 2. The number of benzene rings is 2. The van der Waals surface area contributed by atoms with Gasteiger partial charge < -0.3 is 9.64 Å². The first kappa shape index (κ1) is 21.9. The summed E-state index contributed by atoms with van der Waals surface area (Å²) in [6.45, 7) is 6.22. The summed E-state index contributed by atoms with van der Waals surface area (Å²) in [4.78, 5) is 25.6. The second kappa shape index (κ2) is 10.3. The summed E-state index contributed by atoms with van der Waals surface area (Å²) in [5, 5.41) is 2.56. The average molecular weight is 384 g/mol. The molecule has 0 bridgehead atoms. The molecule has 4 nitrogen and oxygen atoms in total.